The molecule has 0 heterocycles. The summed E-state index contributed by atoms with van der Waals surface area (Å²) >= 11 is 6.29. The largest absolute Gasteiger partial charge is 0.496 e. The van der Waals surface area contributed by atoms with Crippen molar-refractivity contribution in [3.8, 4) is 5.75 Å². The molecular weight excluding hydrogens is 270 g/mol. The van der Waals surface area contributed by atoms with Crippen LogP contribution in [0.4, 0.5) is 8.78 Å². The van der Waals surface area contributed by atoms with Crippen LogP contribution >= 0.6 is 11.6 Å². The van der Waals surface area contributed by atoms with Gasteiger partial charge in [-0.25, -0.2) is 8.78 Å². The first-order valence-corrected chi connectivity index (χ1v) is 6.20. The second-order valence-electron chi connectivity index (χ2n) is 4.27. The average molecular weight is 283 g/mol. The lowest BCUT2D eigenvalue weighted by atomic mass is 10.0. The first-order valence-electron chi connectivity index (χ1n) is 5.76. The van der Waals surface area contributed by atoms with Crippen molar-refractivity contribution in [3.63, 3.8) is 0 Å². The summed E-state index contributed by atoms with van der Waals surface area (Å²) in [7, 11) is 1.59. The molecule has 19 heavy (non-hydrogen) atoms. The minimum absolute atomic E-state index is 0.519. The summed E-state index contributed by atoms with van der Waals surface area (Å²) in [6.07, 6.45) is 0. The number of benzene rings is 2. The van der Waals surface area contributed by atoms with Gasteiger partial charge >= 0.3 is 0 Å². The van der Waals surface area contributed by atoms with Gasteiger partial charge in [0.2, 0.25) is 0 Å². The van der Waals surface area contributed by atoms with Gasteiger partial charge in [0.05, 0.1) is 12.5 Å². The first-order chi connectivity index (χ1) is 9.02. The van der Waals surface area contributed by atoms with Crippen molar-refractivity contribution in [3.05, 3.63) is 64.7 Å². The molecular formula is C15H13ClF2O. The lowest BCUT2D eigenvalue weighted by Crippen LogP contribution is -1.97. The topological polar surface area (TPSA) is 9.23 Å². The Balaban J connectivity index is 2.35. The van der Waals surface area contributed by atoms with Crippen molar-refractivity contribution in [2.45, 2.75) is 12.3 Å². The van der Waals surface area contributed by atoms with Gasteiger partial charge in [-0.1, -0.05) is 18.2 Å². The Morgan fingerprint density at radius 2 is 1.63 bits per heavy atom. The fourth-order valence-electron chi connectivity index (χ4n) is 1.92. The van der Waals surface area contributed by atoms with Crippen LogP contribution in [-0.4, -0.2) is 7.11 Å². The molecule has 0 bridgehead atoms. The fourth-order valence-corrected chi connectivity index (χ4v) is 2.19. The highest BCUT2D eigenvalue weighted by atomic mass is 35.5. The number of alkyl halides is 1. The maximum atomic E-state index is 13.2. The molecule has 1 atom stereocenters. The number of methoxy groups -OCH3 is 1. The molecule has 4 heteroatoms. The van der Waals surface area contributed by atoms with Gasteiger partial charge in [0.1, 0.15) is 5.75 Å². The molecule has 0 fully saturated rings. The van der Waals surface area contributed by atoms with E-state index in [9.17, 15) is 8.78 Å². The molecule has 100 valence electrons. The molecule has 0 saturated carbocycles. The van der Waals surface area contributed by atoms with Gasteiger partial charge in [0.25, 0.3) is 0 Å². The Bertz CT molecular complexity index is 599. The smallest absolute Gasteiger partial charge is 0.159 e. The summed E-state index contributed by atoms with van der Waals surface area (Å²) in [5.74, 6) is -1.01. The molecule has 0 aliphatic rings. The SMILES string of the molecule is COc1ccc(C(Cl)c2ccc(F)c(F)c2)cc1C. The third-order valence-corrected chi connectivity index (χ3v) is 3.45. The van der Waals surface area contributed by atoms with Crippen molar-refractivity contribution in [1.29, 1.82) is 0 Å². The van der Waals surface area contributed by atoms with Crippen molar-refractivity contribution in [1.82, 2.24) is 0 Å². The molecule has 2 aromatic rings. The number of aryl methyl sites for hydroxylation is 1. The van der Waals surface area contributed by atoms with Gasteiger partial charge in [0, 0.05) is 0 Å². The van der Waals surface area contributed by atoms with Crippen LogP contribution in [-0.2, 0) is 0 Å². The maximum Gasteiger partial charge on any atom is 0.159 e. The number of rotatable bonds is 3. The third kappa shape index (κ3) is 2.87. The van der Waals surface area contributed by atoms with E-state index in [1.165, 1.54) is 6.07 Å². The number of halogens is 3. The molecule has 0 aliphatic heterocycles. The van der Waals surface area contributed by atoms with Gasteiger partial charge in [-0.2, -0.15) is 0 Å². The van der Waals surface area contributed by atoms with E-state index in [4.69, 9.17) is 16.3 Å². The average Bonchev–Trinajstić information content (AvgIpc) is 2.41. The van der Waals surface area contributed by atoms with Crippen molar-refractivity contribution in [2.24, 2.45) is 0 Å². The van der Waals surface area contributed by atoms with Crippen LogP contribution < -0.4 is 4.74 Å². The van der Waals surface area contributed by atoms with Gasteiger partial charge in [-0.15, -0.1) is 11.6 Å². The van der Waals surface area contributed by atoms with Crippen molar-refractivity contribution < 1.29 is 13.5 Å². The molecule has 1 unspecified atom stereocenters. The lowest BCUT2D eigenvalue weighted by Gasteiger charge is -2.13. The van der Waals surface area contributed by atoms with Crippen LogP contribution in [0.2, 0.25) is 0 Å². The fraction of sp³-hybridized carbons (Fsp3) is 0.200. The van der Waals surface area contributed by atoms with E-state index < -0.39 is 17.0 Å². The number of hydrogen-bond donors (Lipinski definition) is 0. The molecule has 0 saturated heterocycles. The summed E-state index contributed by atoms with van der Waals surface area (Å²) in [4.78, 5) is 0. The van der Waals surface area contributed by atoms with Crippen molar-refractivity contribution >= 4 is 11.6 Å². The van der Waals surface area contributed by atoms with Crippen LogP contribution in [0.3, 0.4) is 0 Å². The number of ether oxygens (including phenoxy) is 1. The molecule has 1 nitrogen and oxygen atoms in total. The second-order valence-corrected chi connectivity index (χ2v) is 4.70. The third-order valence-electron chi connectivity index (χ3n) is 2.95. The van der Waals surface area contributed by atoms with Gasteiger partial charge in [-0.3, -0.25) is 0 Å². The standard InChI is InChI=1S/C15H13ClF2O/c1-9-7-10(4-6-14(9)19-2)15(16)11-3-5-12(17)13(18)8-11/h3-8,15H,1-2H3. The summed E-state index contributed by atoms with van der Waals surface area (Å²) in [6, 6.07) is 9.17. The normalized spacial score (nSPS) is 12.3. The van der Waals surface area contributed by atoms with Crippen LogP contribution in [0, 0.1) is 18.6 Å². The molecule has 0 N–H and O–H groups in total. The Morgan fingerprint density at radius 1 is 1.00 bits per heavy atom. The quantitative estimate of drug-likeness (QED) is 0.747. The van der Waals surface area contributed by atoms with E-state index in [0.717, 1.165) is 29.0 Å². The zero-order valence-electron chi connectivity index (χ0n) is 10.6. The Labute approximate surface area is 115 Å². The lowest BCUT2D eigenvalue weighted by molar-refractivity contribution is 0.411. The van der Waals surface area contributed by atoms with Crippen LogP contribution in [0.1, 0.15) is 22.1 Å². The Morgan fingerprint density at radius 3 is 2.21 bits per heavy atom. The highest BCUT2D eigenvalue weighted by molar-refractivity contribution is 6.22. The minimum Gasteiger partial charge on any atom is -0.496 e. The van der Waals surface area contributed by atoms with E-state index >= 15 is 0 Å². The van der Waals surface area contributed by atoms with Gasteiger partial charge < -0.3 is 4.74 Å². The zero-order valence-corrected chi connectivity index (χ0v) is 11.3. The molecule has 0 spiro atoms. The summed E-state index contributed by atoms with van der Waals surface area (Å²) in [6.45, 7) is 1.90. The van der Waals surface area contributed by atoms with E-state index in [1.807, 2.05) is 19.1 Å². The summed E-state index contributed by atoms with van der Waals surface area (Å²) < 4.78 is 31.3. The molecule has 0 aromatic heterocycles. The molecule has 0 aliphatic carbocycles. The van der Waals surface area contributed by atoms with Gasteiger partial charge in [-0.05, 0) is 41.8 Å². The van der Waals surface area contributed by atoms with Crippen LogP contribution in [0.15, 0.2) is 36.4 Å². The molecule has 0 amide bonds. The van der Waals surface area contributed by atoms with Gasteiger partial charge in [0.15, 0.2) is 11.6 Å². The highest BCUT2D eigenvalue weighted by Gasteiger charge is 2.14. The van der Waals surface area contributed by atoms with Crippen molar-refractivity contribution in [2.75, 3.05) is 7.11 Å². The molecule has 2 rings (SSSR count). The Kier molecular flexibility index (Phi) is 4.05. The first kappa shape index (κ1) is 13.8. The monoisotopic (exact) mass is 282 g/mol. The zero-order chi connectivity index (χ0) is 14.0. The van der Waals surface area contributed by atoms with Crippen LogP contribution in [0.25, 0.3) is 0 Å². The highest BCUT2D eigenvalue weighted by Crippen LogP contribution is 2.32. The minimum atomic E-state index is -0.895. The van der Waals surface area contributed by atoms with E-state index in [0.29, 0.717) is 5.56 Å². The Hall–Kier alpha value is -1.61. The van der Waals surface area contributed by atoms with E-state index in [2.05, 4.69) is 0 Å². The van der Waals surface area contributed by atoms with E-state index in [-0.39, 0.29) is 0 Å². The van der Waals surface area contributed by atoms with Crippen LogP contribution in [0.5, 0.6) is 5.75 Å². The predicted molar refractivity (Wildman–Crippen MR) is 71.8 cm³/mol. The summed E-state index contributed by atoms with van der Waals surface area (Å²) in [5.41, 5.74) is 2.27. The number of hydrogen-bond acceptors (Lipinski definition) is 1. The summed E-state index contributed by atoms with van der Waals surface area (Å²) in [5, 5.41) is -0.528. The predicted octanol–water partition coefficient (Wildman–Crippen LogP) is 4.61. The second kappa shape index (κ2) is 5.57. The molecule has 0 radical (unpaired) electrons. The molecule has 2 aromatic carbocycles. The van der Waals surface area contributed by atoms with E-state index in [1.54, 1.807) is 13.2 Å². The maximum absolute atomic E-state index is 13.2.